The number of methoxy groups -OCH3 is 1. The van der Waals surface area contributed by atoms with Crippen molar-refractivity contribution >= 4 is 15.7 Å². The number of nitrogens with two attached hydrogens (primary N) is 1. The molecule has 0 aliphatic rings. The second-order valence-electron chi connectivity index (χ2n) is 4.90. The predicted octanol–water partition coefficient (Wildman–Crippen LogP) is 2.38. The van der Waals surface area contributed by atoms with Gasteiger partial charge in [-0.3, -0.25) is 0 Å². The fraction of sp³-hybridized carbons (Fsp3) is 0.571. The molecule has 1 aromatic rings. The van der Waals surface area contributed by atoms with E-state index >= 15 is 0 Å². The van der Waals surface area contributed by atoms with Crippen LogP contribution in [0.3, 0.4) is 0 Å². The molecule has 0 spiro atoms. The first kappa shape index (κ1) is 16.8. The van der Waals surface area contributed by atoms with Crippen molar-refractivity contribution in [3.63, 3.8) is 0 Å². The lowest BCUT2D eigenvalue weighted by molar-refractivity contribution is 0.386. The largest absolute Gasteiger partial charge is 0.495 e. The summed E-state index contributed by atoms with van der Waals surface area (Å²) in [6.07, 6.45) is 1.86. The van der Waals surface area contributed by atoms with E-state index in [0.29, 0.717) is 11.6 Å². The minimum Gasteiger partial charge on any atom is -0.495 e. The first-order valence-electron chi connectivity index (χ1n) is 6.81. The molecule has 1 aromatic carbocycles. The molecule has 0 aromatic heterocycles. The maximum atomic E-state index is 12.4. The van der Waals surface area contributed by atoms with Gasteiger partial charge in [0.1, 0.15) is 10.6 Å². The third kappa shape index (κ3) is 3.86. The number of nitrogens with one attached hydrogen (secondary N) is 1. The van der Waals surface area contributed by atoms with Crippen LogP contribution in [0.25, 0.3) is 0 Å². The molecule has 1 unspecified atom stereocenters. The molecule has 0 bridgehead atoms. The zero-order valence-electron chi connectivity index (χ0n) is 12.5. The summed E-state index contributed by atoms with van der Waals surface area (Å²) in [5.41, 5.74) is 6.11. The first-order chi connectivity index (χ1) is 9.35. The van der Waals surface area contributed by atoms with Gasteiger partial charge in [-0.25, -0.2) is 13.1 Å². The van der Waals surface area contributed by atoms with E-state index in [9.17, 15) is 8.42 Å². The molecule has 20 heavy (non-hydrogen) atoms. The van der Waals surface area contributed by atoms with Crippen molar-refractivity contribution in [2.45, 2.75) is 44.6 Å². The molecule has 0 radical (unpaired) electrons. The highest BCUT2D eigenvalue weighted by Crippen LogP contribution is 2.26. The summed E-state index contributed by atoms with van der Waals surface area (Å²) >= 11 is 0. The molecule has 0 saturated carbocycles. The van der Waals surface area contributed by atoms with Crippen LogP contribution in [0.2, 0.25) is 0 Å². The van der Waals surface area contributed by atoms with E-state index < -0.39 is 10.0 Å². The predicted molar refractivity (Wildman–Crippen MR) is 81.3 cm³/mol. The number of sulfonamides is 1. The Bertz CT molecular complexity index is 539. The van der Waals surface area contributed by atoms with Gasteiger partial charge in [0.25, 0.3) is 0 Å². The summed E-state index contributed by atoms with van der Waals surface area (Å²) in [5.74, 6) is 0.568. The minimum absolute atomic E-state index is 0.118. The van der Waals surface area contributed by atoms with E-state index in [4.69, 9.17) is 10.5 Å². The average Bonchev–Trinajstić information content (AvgIpc) is 2.38. The third-order valence-electron chi connectivity index (χ3n) is 3.57. The summed E-state index contributed by atoms with van der Waals surface area (Å²) < 4.78 is 32.7. The van der Waals surface area contributed by atoms with Crippen molar-refractivity contribution in [1.29, 1.82) is 0 Å². The van der Waals surface area contributed by atoms with Gasteiger partial charge in [0.2, 0.25) is 10.0 Å². The van der Waals surface area contributed by atoms with Gasteiger partial charge in [-0.05, 0) is 25.0 Å². The highest BCUT2D eigenvalue weighted by atomic mass is 32.2. The van der Waals surface area contributed by atoms with Crippen LogP contribution >= 0.6 is 0 Å². The van der Waals surface area contributed by atoms with Gasteiger partial charge in [0.05, 0.1) is 7.11 Å². The maximum Gasteiger partial charge on any atom is 0.244 e. The summed E-state index contributed by atoms with van der Waals surface area (Å²) in [5, 5.41) is 0. The molecule has 0 heterocycles. The number of rotatable bonds is 7. The second-order valence-corrected chi connectivity index (χ2v) is 6.58. The molecule has 114 valence electrons. The van der Waals surface area contributed by atoms with Crippen LogP contribution in [0.1, 0.15) is 33.6 Å². The van der Waals surface area contributed by atoms with Gasteiger partial charge < -0.3 is 10.5 Å². The maximum absolute atomic E-state index is 12.4. The van der Waals surface area contributed by atoms with Gasteiger partial charge in [-0.15, -0.1) is 0 Å². The van der Waals surface area contributed by atoms with Gasteiger partial charge in [-0.2, -0.15) is 0 Å². The number of anilines is 1. The van der Waals surface area contributed by atoms with E-state index in [1.807, 2.05) is 6.92 Å². The Hall–Kier alpha value is -1.27. The van der Waals surface area contributed by atoms with Crippen molar-refractivity contribution in [2.24, 2.45) is 5.92 Å². The molecule has 0 fully saturated rings. The molecular formula is C14H24N2O3S. The van der Waals surface area contributed by atoms with Crippen molar-refractivity contribution in [3.8, 4) is 5.75 Å². The van der Waals surface area contributed by atoms with E-state index in [1.54, 1.807) is 6.07 Å². The van der Waals surface area contributed by atoms with Crippen LogP contribution < -0.4 is 15.2 Å². The van der Waals surface area contributed by atoms with Gasteiger partial charge in [0, 0.05) is 17.8 Å². The molecule has 0 aliphatic heterocycles. The molecule has 6 heteroatoms. The fourth-order valence-electron chi connectivity index (χ4n) is 2.31. The van der Waals surface area contributed by atoms with E-state index in [1.165, 1.54) is 19.2 Å². The first-order valence-corrected chi connectivity index (χ1v) is 8.29. The summed E-state index contributed by atoms with van der Waals surface area (Å²) in [6.45, 7) is 6.00. The lowest BCUT2D eigenvalue weighted by Crippen LogP contribution is -2.37. The SMILES string of the molecule is CCC(CC)C(C)NS(=O)(=O)c1ccc(N)cc1OC. The van der Waals surface area contributed by atoms with Crippen LogP contribution in [0, 0.1) is 5.92 Å². The standard InChI is InChI=1S/C14H24N2O3S/c1-5-11(6-2)10(3)16-20(17,18)14-8-7-12(15)9-13(14)19-4/h7-11,16H,5-6,15H2,1-4H3. The highest BCUT2D eigenvalue weighted by molar-refractivity contribution is 7.89. The normalized spacial score (nSPS) is 13.4. The Morgan fingerprint density at radius 3 is 2.40 bits per heavy atom. The lowest BCUT2D eigenvalue weighted by Gasteiger charge is -2.22. The Morgan fingerprint density at radius 2 is 1.90 bits per heavy atom. The van der Waals surface area contributed by atoms with E-state index in [0.717, 1.165) is 12.8 Å². The minimum atomic E-state index is -3.61. The van der Waals surface area contributed by atoms with Gasteiger partial charge >= 0.3 is 0 Å². The molecule has 0 saturated heterocycles. The van der Waals surface area contributed by atoms with Crippen LogP contribution in [0.4, 0.5) is 5.69 Å². The summed E-state index contributed by atoms with van der Waals surface area (Å²) in [7, 11) is -2.19. The zero-order chi connectivity index (χ0) is 15.3. The van der Waals surface area contributed by atoms with Crippen molar-refractivity contribution in [2.75, 3.05) is 12.8 Å². The van der Waals surface area contributed by atoms with Crippen LogP contribution in [0.5, 0.6) is 5.75 Å². The smallest absolute Gasteiger partial charge is 0.244 e. The quantitative estimate of drug-likeness (QED) is 0.758. The van der Waals surface area contributed by atoms with Crippen LogP contribution in [0.15, 0.2) is 23.1 Å². The topological polar surface area (TPSA) is 81.4 Å². The van der Waals surface area contributed by atoms with Crippen molar-refractivity contribution in [1.82, 2.24) is 4.72 Å². The third-order valence-corrected chi connectivity index (χ3v) is 5.17. The average molecular weight is 300 g/mol. The van der Waals surface area contributed by atoms with Gasteiger partial charge in [0.15, 0.2) is 0 Å². The van der Waals surface area contributed by atoms with Crippen LogP contribution in [-0.2, 0) is 10.0 Å². The Balaban J connectivity index is 3.05. The molecule has 1 atom stereocenters. The van der Waals surface area contributed by atoms with Crippen LogP contribution in [-0.4, -0.2) is 21.6 Å². The number of ether oxygens (including phenoxy) is 1. The fourth-order valence-corrected chi connectivity index (χ4v) is 3.77. The Kier molecular flexibility index (Phi) is 5.83. The number of benzene rings is 1. The Labute approximate surface area is 121 Å². The van der Waals surface area contributed by atoms with E-state index in [2.05, 4.69) is 18.6 Å². The lowest BCUT2D eigenvalue weighted by atomic mass is 9.96. The molecule has 0 aliphatic carbocycles. The van der Waals surface area contributed by atoms with E-state index in [-0.39, 0.29) is 16.7 Å². The monoisotopic (exact) mass is 300 g/mol. The van der Waals surface area contributed by atoms with Crippen molar-refractivity contribution in [3.05, 3.63) is 18.2 Å². The number of nitrogen functional groups attached to an aromatic ring is 1. The zero-order valence-corrected chi connectivity index (χ0v) is 13.3. The highest BCUT2D eigenvalue weighted by Gasteiger charge is 2.24. The number of hydrogen-bond acceptors (Lipinski definition) is 4. The second kappa shape index (κ2) is 6.95. The molecular weight excluding hydrogens is 276 g/mol. The summed E-state index contributed by atoms with van der Waals surface area (Å²) in [4.78, 5) is 0.118. The van der Waals surface area contributed by atoms with Crippen molar-refractivity contribution < 1.29 is 13.2 Å². The Morgan fingerprint density at radius 1 is 1.30 bits per heavy atom. The molecule has 1 rings (SSSR count). The molecule has 5 nitrogen and oxygen atoms in total. The number of hydrogen-bond donors (Lipinski definition) is 2. The van der Waals surface area contributed by atoms with Gasteiger partial charge in [-0.1, -0.05) is 26.7 Å². The summed E-state index contributed by atoms with van der Waals surface area (Å²) in [6, 6.07) is 4.41. The molecule has 0 amide bonds. The molecule has 3 N–H and O–H groups in total.